The van der Waals surface area contributed by atoms with Crippen LogP contribution in [0.1, 0.15) is 32.6 Å². The zero-order valence-electron chi connectivity index (χ0n) is 7.27. The van der Waals surface area contributed by atoms with E-state index in [1.807, 2.05) is 0 Å². The van der Waals surface area contributed by atoms with Gasteiger partial charge in [0, 0.05) is 5.41 Å². The Labute approximate surface area is 69.0 Å². The van der Waals surface area contributed by atoms with Gasteiger partial charge in [-0.15, -0.1) is 0 Å². The van der Waals surface area contributed by atoms with Gasteiger partial charge in [0.05, 0.1) is 0 Å². The van der Waals surface area contributed by atoms with Gasteiger partial charge in [-0.2, -0.15) is 0 Å². The van der Waals surface area contributed by atoms with Crippen LogP contribution in [0.4, 0.5) is 0 Å². The first-order valence-corrected chi connectivity index (χ1v) is 4.64. The molecule has 0 heterocycles. The van der Waals surface area contributed by atoms with Gasteiger partial charge >= 0.3 is 0 Å². The summed E-state index contributed by atoms with van der Waals surface area (Å²) in [5, 5.41) is 0. The third-order valence-electron chi connectivity index (χ3n) is 3.35. The Morgan fingerprint density at radius 2 is 2.36 bits per heavy atom. The van der Waals surface area contributed by atoms with E-state index in [-0.39, 0.29) is 0 Å². The first kappa shape index (κ1) is 7.15. The van der Waals surface area contributed by atoms with Crippen molar-refractivity contribution in [3.63, 3.8) is 0 Å². The van der Waals surface area contributed by atoms with Crippen molar-refractivity contribution in [1.82, 2.24) is 0 Å². The molecule has 2 aliphatic carbocycles. The Hall–Kier alpha value is -0.520. The maximum absolute atomic E-state index is 4.05. The largest absolute Gasteiger partial charge is 0.0999 e. The Morgan fingerprint density at radius 3 is 2.73 bits per heavy atom. The first-order valence-electron chi connectivity index (χ1n) is 4.64. The van der Waals surface area contributed by atoms with E-state index in [2.05, 4.69) is 25.7 Å². The minimum absolute atomic E-state index is 0.541. The molecule has 0 heteroatoms. The molecule has 0 spiro atoms. The van der Waals surface area contributed by atoms with Crippen LogP contribution in [0, 0.1) is 11.3 Å². The second kappa shape index (κ2) is 2.23. The summed E-state index contributed by atoms with van der Waals surface area (Å²) in [6.45, 7) is 6.34. The molecule has 0 amide bonds. The van der Waals surface area contributed by atoms with Gasteiger partial charge in [0.15, 0.2) is 0 Å². The van der Waals surface area contributed by atoms with Crippen molar-refractivity contribution in [3.8, 4) is 0 Å². The molecule has 11 heavy (non-hydrogen) atoms. The molecule has 0 N–H and O–H groups in total. The third kappa shape index (κ3) is 1.05. The fourth-order valence-corrected chi connectivity index (χ4v) is 2.29. The minimum atomic E-state index is 0.541. The summed E-state index contributed by atoms with van der Waals surface area (Å²) in [6.07, 6.45) is 9.99. The molecule has 1 saturated carbocycles. The van der Waals surface area contributed by atoms with Crippen LogP contribution in [-0.4, -0.2) is 0 Å². The van der Waals surface area contributed by atoms with Crippen LogP contribution in [0.25, 0.3) is 0 Å². The third-order valence-corrected chi connectivity index (χ3v) is 3.35. The molecule has 0 aliphatic heterocycles. The van der Waals surface area contributed by atoms with E-state index in [1.165, 1.54) is 31.3 Å². The standard InChI is InChI=1S/C11H16/c1-3-11(6-7-11)10-5-4-9(2)8-10/h6-7,10H,2-5,8H2,1H3. The van der Waals surface area contributed by atoms with Gasteiger partial charge in [0.1, 0.15) is 0 Å². The van der Waals surface area contributed by atoms with Gasteiger partial charge in [0.25, 0.3) is 0 Å². The molecule has 2 aliphatic rings. The zero-order chi connectivity index (χ0) is 7.90. The van der Waals surface area contributed by atoms with Gasteiger partial charge in [0.2, 0.25) is 0 Å². The predicted octanol–water partition coefficient (Wildman–Crippen LogP) is 3.31. The molecule has 1 fully saturated rings. The van der Waals surface area contributed by atoms with Crippen LogP contribution in [-0.2, 0) is 0 Å². The minimum Gasteiger partial charge on any atom is -0.0999 e. The van der Waals surface area contributed by atoms with Crippen LogP contribution in [0.2, 0.25) is 0 Å². The molecule has 0 saturated heterocycles. The maximum atomic E-state index is 4.05. The van der Waals surface area contributed by atoms with Crippen molar-refractivity contribution >= 4 is 0 Å². The van der Waals surface area contributed by atoms with E-state index in [0.717, 1.165) is 5.92 Å². The van der Waals surface area contributed by atoms with Gasteiger partial charge in [-0.25, -0.2) is 0 Å². The van der Waals surface area contributed by atoms with Gasteiger partial charge in [-0.1, -0.05) is 31.2 Å². The lowest BCUT2D eigenvalue weighted by atomic mass is 9.83. The number of hydrogen-bond donors (Lipinski definition) is 0. The normalized spacial score (nSPS) is 32.8. The molecule has 1 unspecified atom stereocenters. The van der Waals surface area contributed by atoms with Crippen LogP contribution < -0.4 is 0 Å². The SMILES string of the molecule is C=C1CCC(C2(CC)C=C2)C1. The quantitative estimate of drug-likeness (QED) is 0.527. The summed E-state index contributed by atoms with van der Waals surface area (Å²) in [6, 6.07) is 0. The molecule has 60 valence electrons. The topological polar surface area (TPSA) is 0 Å². The lowest BCUT2D eigenvalue weighted by Gasteiger charge is -2.20. The Bertz CT molecular complexity index is 204. The van der Waals surface area contributed by atoms with Crippen LogP contribution in [0.3, 0.4) is 0 Å². The fraction of sp³-hybridized carbons (Fsp3) is 0.636. The van der Waals surface area contributed by atoms with Gasteiger partial charge in [-0.05, 0) is 31.6 Å². The monoisotopic (exact) mass is 148 g/mol. The highest BCUT2D eigenvalue weighted by Gasteiger charge is 2.42. The van der Waals surface area contributed by atoms with E-state index < -0.39 is 0 Å². The average molecular weight is 148 g/mol. The van der Waals surface area contributed by atoms with Crippen LogP contribution in [0.15, 0.2) is 24.3 Å². The van der Waals surface area contributed by atoms with E-state index in [1.54, 1.807) is 0 Å². The van der Waals surface area contributed by atoms with E-state index >= 15 is 0 Å². The first-order chi connectivity index (χ1) is 5.27. The molecule has 0 aromatic rings. The summed E-state index contributed by atoms with van der Waals surface area (Å²) in [5.41, 5.74) is 2.01. The number of hydrogen-bond acceptors (Lipinski definition) is 0. The highest BCUT2D eigenvalue weighted by atomic mass is 14.5. The van der Waals surface area contributed by atoms with Gasteiger partial charge in [-0.3, -0.25) is 0 Å². The highest BCUT2D eigenvalue weighted by molar-refractivity contribution is 5.29. The molecule has 0 bridgehead atoms. The number of allylic oxidation sites excluding steroid dienone is 3. The van der Waals surface area contributed by atoms with Crippen molar-refractivity contribution < 1.29 is 0 Å². The van der Waals surface area contributed by atoms with Crippen molar-refractivity contribution in [2.75, 3.05) is 0 Å². The predicted molar refractivity (Wildman–Crippen MR) is 48.3 cm³/mol. The Morgan fingerprint density at radius 1 is 1.64 bits per heavy atom. The van der Waals surface area contributed by atoms with Crippen molar-refractivity contribution in [1.29, 1.82) is 0 Å². The summed E-state index contributed by atoms with van der Waals surface area (Å²) in [7, 11) is 0. The summed E-state index contributed by atoms with van der Waals surface area (Å²) in [5.74, 6) is 0.903. The lowest BCUT2D eigenvalue weighted by molar-refractivity contribution is 0.345. The van der Waals surface area contributed by atoms with E-state index in [9.17, 15) is 0 Å². The van der Waals surface area contributed by atoms with Gasteiger partial charge < -0.3 is 0 Å². The van der Waals surface area contributed by atoms with Crippen molar-refractivity contribution in [2.45, 2.75) is 32.6 Å². The summed E-state index contributed by atoms with van der Waals surface area (Å²) in [4.78, 5) is 0. The Kier molecular flexibility index (Phi) is 1.45. The van der Waals surface area contributed by atoms with E-state index in [4.69, 9.17) is 0 Å². The molecule has 0 aromatic heterocycles. The maximum Gasteiger partial charge on any atom is 0.00903 e. The van der Waals surface area contributed by atoms with E-state index in [0.29, 0.717) is 5.41 Å². The van der Waals surface area contributed by atoms with Crippen molar-refractivity contribution in [3.05, 3.63) is 24.3 Å². The second-order valence-electron chi connectivity index (χ2n) is 3.99. The summed E-state index contributed by atoms with van der Waals surface area (Å²) < 4.78 is 0. The Balaban J connectivity index is 2.01. The average Bonchev–Trinajstić information content (AvgIpc) is 2.70. The zero-order valence-corrected chi connectivity index (χ0v) is 7.27. The molecule has 0 aromatic carbocycles. The molecular formula is C11H16. The smallest absolute Gasteiger partial charge is 0.00903 e. The molecule has 1 atom stereocenters. The number of rotatable bonds is 2. The van der Waals surface area contributed by atoms with Crippen molar-refractivity contribution in [2.24, 2.45) is 11.3 Å². The molecular weight excluding hydrogens is 132 g/mol. The fourth-order valence-electron chi connectivity index (χ4n) is 2.29. The molecule has 0 radical (unpaired) electrons. The molecule has 0 nitrogen and oxygen atoms in total. The van der Waals surface area contributed by atoms with Crippen LogP contribution >= 0.6 is 0 Å². The summed E-state index contributed by atoms with van der Waals surface area (Å²) >= 11 is 0. The molecule has 2 rings (SSSR count). The van der Waals surface area contributed by atoms with Crippen LogP contribution in [0.5, 0.6) is 0 Å². The lowest BCUT2D eigenvalue weighted by Crippen LogP contribution is -2.12. The second-order valence-corrected chi connectivity index (χ2v) is 3.99. The highest BCUT2D eigenvalue weighted by Crippen LogP contribution is 2.52.